The number of hydrogen-bond donors (Lipinski definition) is 1. The number of halogens is 2. The van der Waals surface area contributed by atoms with Crippen LogP contribution in [-0.4, -0.2) is 36.4 Å². The summed E-state index contributed by atoms with van der Waals surface area (Å²) >= 11 is 5.63. The molecule has 0 radical (unpaired) electrons. The summed E-state index contributed by atoms with van der Waals surface area (Å²) in [6.07, 6.45) is 0. The van der Waals surface area contributed by atoms with Crippen molar-refractivity contribution in [1.82, 2.24) is 10.2 Å². The zero-order valence-electron chi connectivity index (χ0n) is 14.5. The van der Waals surface area contributed by atoms with E-state index in [0.717, 1.165) is 13.6 Å². The fourth-order valence-electron chi connectivity index (χ4n) is 2.38. The molecule has 0 aliphatic heterocycles. The Morgan fingerprint density at radius 1 is 1.23 bits per heavy atom. The van der Waals surface area contributed by atoms with Crippen LogP contribution in [-0.2, 0) is 16.1 Å². The average Bonchev–Trinajstić information content (AvgIpc) is 2.64. The van der Waals surface area contributed by atoms with Crippen molar-refractivity contribution in [3.63, 3.8) is 0 Å². The second-order valence-corrected chi connectivity index (χ2v) is 7.85. The summed E-state index contributed by atoms with van der Waals surface area (Å²) in [4.78, 5) is 26.3. The van der Waals surface area contributed by atoms with E-state index in [1.807, 2.05) is 48.5 Å². The standard InChI is InChI=1S/C19H20BrIN2O3/c1-13(19(25)22-2)23(11-14-4-3-5-15(20)10-14)18(24)12-26-17-8-6-16(21)7-9-17/h3-10,13H,11-12H2,1-2H3,(H,22,25). The Kier molecular flexibility index (Phi) is 7.89. The molecule has 1 N–H and O–H groups in total. The van der Waals surface area contributed by atoms with E-state index in [1.165, 1.54) is 4.90 Å². The van der Waals surface area contributed by atoms with Gasteiger partial charge in [0.25, 0.3) is 5.91 Å². The zero-order valence-corrected chi connectivity index (χ0v) is 18.3. The van der Waals surface area contributed by atoms with Crippen molar-refractivity contribution in [3.05, 3.63) is 62.1 Å². The minimum atomic E-state index is -0.605. The van der Waals surface area contributed by atoms with Gasteiger partial charge < -0.3 is 15.0 Å². The lowest BCUT2D eigenvalue weighted by atomic mass is 10.1. The van der Waals surface area contributed by atoms with E-state index in [4.69, 9.17) is 4.74 Å². The van der Waals surface area contributed by atoms with Gasteiger partial charge in [0.15, 0.2) is 6.61 Å². The van der Waals surface area contributed by atoms with E-state index >= 15 is 0 Å². The van der Waals surface area contributed by atoms with Crippen LogP contribution in [0.1, 0.15) is 12.5 Å². The first-order valence-corrected chi connectivity index (χ1v) is 9.91. The molecule has 0 bridgehead atoms. The molecule has 2 aromatic carbocycles. The second-order valence-electron chi connectivity index (χ2n) is 5.68. The highest BCUT2D eigenvalue weighted by atomic mass is 127. The topological polar surface area (TPSA) is 58.6 Å². The van der Waals surface area contributed by atoms with E-state index < -0.39 is 6.04 Å². The van der Waals surface area contributed by atoms with Crippen molar-refractivity contribution in [3.8, 4) is 5.75 Å². The number of rotatable bonds is 7. The molecule has 0 saturated carbocycles. The van der Waals surface area contributed by atoms with Gasteiger partial charge in [-0.15, -0.1) is 0 Å². The minimum Gasteiger partial charge on any atom is -0.484 e. The molecular weight excluding hydrogens is 511 g/mol. The molecule has 0 fully saturated rings. The Labute approximate surface area is 175 Å². The molecule has 138 valence electrons. The third-order valence-electron chi connectivity index (χ3n) is 3.83. The zero-order chi connectivity index (χ0) is 19.1. The molecule has 1 unspecified atom stereocenters. The van der Waals surface area contributed by atoms with Crippen molar-refractivity contribution in [2.24, 2.45) is 0 Å². The highest BCUT2D eigenvalue weighted by Gasteiger charge is 2.25. The number of hydrogen-bond acceptors (Lipinski definition) is 3. The van der Waals surface area contributed by atoms with Crippen molar-refractivity contribution >= 4 is 50.3 Å². The lowest BCUT2D eigenvalue weighted by molar-refractivity contribution is -0.142. The summed E-state index contributed by atoms with van der Waals surface area (Å²) in [5.74, 6) is 0.149. The molecular formula is C19H20BrIN2O3. The van der Waals surface area contributed by atoms with Crippen LogP contribution in [0.25, 0.3) is 0 Å². The van der Waals surface area contributed by atoms with Crippen molar-refractivity contribution in [2.75, 3.05) is 13.7 Å². The molecule has 5 nitrogen and oxygen atoms in total. The third-order valence-corrected chi connectivity index (χ3v) is 5.04. The monoisotopic (exact) mass is 530 g/mol. The lowest BCUT2D eigenvalue weighted by Crippen LogP contribution is -2.48. The normalized spacial score (nSPS) is 11.5. The highest BCUT2D eigenvalue weighted by molar-refractivity contribution is 14.1. The molecule has 2 aromatic rings. The number of likely N-dealkylation sites (N-methyl/N-ethyl adjacent to an activating group) is 1. The molecule has 0 aliphatic rings. The Balaban J connectivity index is 2.12. The summed E-state index contributed by atoms with van der Waals surface area (Å²) in [6, 6.07) is 14.5. The molecule has 7 heteroatoms. The number of carbonyl (C=O) groups is 2. The number of nitrogens with one attached hydrogen (secondary N) is 1. The first kappa shape index (κ1) is 20.7. The fraction of sp³-hybridized carbons (Fsp3) is 0.263. The first-order chi connectivity index (χ1) is 12.4. The Morgan fingerprint density at radius 3 is 2.54 bits per heavy atom. The SMILES string of the molecule is CNC(=O)C(C)N(Cc1cccc(Br)c1)C(=O)COc1ccc(I)cc1. The molecule has 26 heavy (non-hydrogen) atoms. The lowest BCUT2D eigenvalue weighted by Gasteiger charge is -2.28. The predicted molar refractivity (Wildman–Crippen MR) is 113 cm³/mol. The van der Waals surface area contributed by atoms with Gasteiger partial charge in [0.1, 0.15) is 11.8 Å². The molecule has 1 atom stereocenters. The fourth-order valence-corrected chi connectivity index (χ4v) is 3.19. The number of nitrogens with zero attached hydrogens (tertiary/aromatic N) is 1. The number of amides is 2. The van der Waals surface area contributed by atoms with Gasteiger partial charge in [0.05, 0.1) is 0 Å². The molecule has 2 amide bonds. The Morgan fingerprint density at radius 2 is 1.92 bits per heavy atom. The highest BCUT2D eigenvalue weighted by Crippen LogP contribution is 2.17. The van der Waals surface area contributed by atoms with Crippen LogP contribution < -0.4 is 10.1 Å². The van der Waals surface area contributed by atoms with Crippen molar-refractivity contribution in [2.45, 2.75) is 19.5 Å². The summed E-state index contributed by atoms with van der Waals surface area (Å²) in [7, 11) is 1.56. The van der Waals surface area contributed by atoms with Crippen LogP contribution in [0.4, 0.5) is 0 Å². The van der Waals surface area contributed by atoms with Gasteiger partial charge in [-0.1, -0.05) is 28.1 Å². The number of ether oxygens (including phenoxy) is 1. The van der Waals surface area contributed by atoms with E-state index in [9.17, 15) is 9.59 Å². The predicted octanol–water partition coefficient (Wildman–Crippen LogP) is 3.60. The third kappa shape index (κ3) is 5.98. The molecule has 0 spiro atoms. The smallest absolute Gasteiger partial charge is 0.261 e. The molecule has 0 aliphatic carbocycles. The van der Waals surface area contributed by atoms with Crippen LogP contribution in [0.3, 0.4) is 0 Å². The van der Waals surface area contributed by atoms with Crippen LogP contribution in [0.15, 0.2) is 53.0 Å². The average molecular weight is 531 g/mol. The largest absolute Gasteiger partial charge is 0.484 e. The first-order valence-electron chi connectivity index (χ1n) is 8.04. The maximum absolute atomic E-state index is 12.7. The molecule has 0 aromatic heterocycles. The van der Waals surface area contributed by atoms with Crippen molar-refractivity contribution < 1.29 is 14.3 Å². The van der Waals surface area contributed by atoms with Gasteiger partial charge in [-0.05, 0) is 71.5 Å². The van der Waals surface area contributed by atoms with E-state index in [-0.39, 0.29) is 18.4 Å². The van der Waals surface area contributed by atoms with Crippen LogP contribution in [0.5, 0.6) is 5.75 Å². The maximum Gasteiger partial charge on any atom is 0.261 e. The summed E-state index contributed by atoms with van der Waals surface area (Å²) in [6.45, 7) is 1.90. The van der Waals surface area contributed by atoms with Crippen LogP contribution >= 0.6 is 38.5 Å². The minimum absolute atomic E-state index is 0.129. The van der Waals surface area contributed by atoms with E-state index in [0.29, 0.717) is 12.3 Å². The van der Waals surface area contributed by atoms with E-state index in [2.05, 4.69) is 43.8 Å². The van der Waals surface area contributed by atoms with Crippen LogP contribution in [0, 0.1) is 3.57 Å². The number of carbonyl (C=O) groups excluding carboxylic acids is 2. The Bertz CT molecular complexity index is 768. The maximum atomic E-state index is 12.7. The van der Waals surface area contributed by atoms with Gasteiger partial charge in [0, 0.05) is 21.6 Å². The van der Waals surface area contributed by atoms with E-state index in [1.54, 1.807) is 14.0 Å². The van der Waals surface area contributed by atoms with Gasteiger partial charge in [-0.25, -0.2) is 0 Å². The van der Waals surface area contributed by atoms with Crippen molar-refractivity contribution in [1.29, 1.82) is 0 Å². The van der Waals surface area contributed by atoms with Gasteiger partial charge >= 0.3 is 0 Å². The summed E-state index contributed by atoms with van der Waals surface area (Å²) < 4.78 is 7.60. The molecule has 2 rings (SSSR count). The summed E-state index contributed by atoms with van der Waals surface area (Å²) in [5, 5.41) is 2.59. The second kappa shape index (κ2) is 9.91. The Hall–Kier alpha value is -1.61. The number of benzene rings is 2. The quantitative estimate of drug-likeness (QED) is 0.556. The van der Waals surface area contributed by atoms with Gasteiger partial charge in [-0.2, -0.15) is 0 Å². The molecule has 0 saturated heterocycles. The summed E-state index contributed by atoms with van der Waals surface area (Å²) in [5.41, 5.74) is 0.928. The van der Waals surface area contributed by atoms with Crippen LogP contribution in [0.2, 0.25) is 0 Å². The van der Waals surface area contributed by atoms with Gasteiger partial charge in [0.2, 0.25) is 5.91 Å². The van der Waals surface area contributed by atoms with Gasteiger partial charge in [-0.3, -0.25) is 9.59 Å². The molecule has 0 heterocycles.